The molecule has 2 aromatic rings. The van der Waals surface area contributed by atoms with Crippen molar-refractivity contribution in [2.75, 3.05) is 11.0 Å². The molecule has 0 saturated heterocycles. The molecule has 1 atom stereocenters. The molecule has 6 nitrogen and oxygen atoms in total. The Bertz CT molecular complexity index is 1090. The molecule has 2 aromatic carbocycles. The fraction of sp³-hybridized carbons (Fsp3) is 0.391. The van der Waals surface area contributed by atoms with Crippen LogP contribution in [0.5, 0.6) is 0 Å². The van der Waals surface area contributed by atoms with Gasteiger partial charge in [0.2, 0.25) is 15.9 Å². The number of benzene rings is 2. The number of nitrogens with zero attached hydrogens (tertiary/aromatic N) is 2. The van der Waals surface area contributed by atoms with Crippen molar-refractivity contribution in [1.29, 1.82) is 0 Å². The molecule has 1 aliphatic heterocycles. The van der Waals surface area contributed by atoms with Gasteiger partial charge in [-0.2, -0.15) is 5.10 Å². The zero-order valence-electron chi connectivity index (χ0n) is 17.4. The molecule has 31 heavy (non-hydrogen) atoms. The number of halogens is 1. The van der Waals surface area contributed by atoms with Crippen LogP contribution in [0.15, 0.2) is 53.6 Å². The Morgan fingerprint density at radius 1 is 1.10 bits per heavy atom. The van der Waals surface area contributed by atoms with Crippen LogP contribution in [0.25, 0.3) is 0 Å². The Labute approximate surface area is 182 Å². The highest BCUT2D eigenvalue weighted by molar-refractivity contribution is 7.92. The summed E-state index contributed by atoms with van der Waals surface area (Å²) in [5.74, 6) is -0.388. The van der Waals surface area contributed by atoms with Crippen molar-refractivity contribution in [2.45, 2.75) is 44.6 Å². The van der Waals surface area contributed by atoms with Gasteiger partial charge in [0.1, 0.15) is 5.82 Å². The normalized spacial score (nSPS) is 19.9. The highest BCUT2D eigenvalue weighted by Gasteiger charge is 2.36. The van der Waals surface area contributed by atoms with Crippen LogP contribution in [0.3, 0.4) is 0 Å². The third-order valence-corrected chi connectivity index (χ3v) is 6.45. The van der Waals surface area contributed by atoms with E-state index in [1.54, 1.807) is 35.3 Å². The molecule has 2 aliphatic rings. The van der Waals surface area contributed by atoms with Crippen molar-refractivity contribution in [3.05, 3.63) is 65.5 Å². The van der Waals surface area contributed by atoms with Crippen LogP contribution in [-0.4, -0.2) is 31.3 Å². The topological polar surface area (TPSA) is 78.8 Å². The molecule has 0 radical (unpaired) electrons. The van der Waals surface area contributed by atoms with Gasteiger partial charge >= 0.3 is 0 Å². The molecular weight excluding hydrogens is 417 g/mol. The fourth-order valence-corrected chi connectivity index (χ4v) is 4.91. The highest BCUT2D eigenvalue weighted by atomic mass is 32.2. The van der Waals surface area contributed by atoms with Crippen molar-refractivity contribution in [2.24, 2.45) is 11.0 Å². The molecule has 1 fully saturated rings. The summed E-state index contributed by atoms with van der Waals surface area (Å²) in [6.07, 6.45) is 6.53. The van der Waals surface area contributed by atoms with Crippen molar-refractivity contribution in [1.82, 2.24) is 5.01 Å². The van der Waals surface area contributed by atoms with Gasteiger partial charge in [0.25, 0.3) is 0 Å². The lowest BCUT2D eigenvalue weighted by Crippen LogP contribution is -2.34. The summed E-state index contributed by atoms with van der Waals surface area (Å²) >= 11 is 0. The molecule has 1 unspecified atom stereocenters. The molecule has 1 aliphatic carbocycles. The van der Waals surface area contributed by atoms with E-state index in [-0.39, 0.29) is 23.7 Å². The van der Waals surface area contributed by atoms with Gasteiger partial charge in [0, 0.05) is 18.0 Å². The Kier molecular flexibility index (Phi) is 6.09. The molecule has 4 rings (SSSR count). The Balaban J connectivity index is 1.63. The summed E-state index contributed by atoms with van der Waals surface area (Å²) in [7, 11) is -3.36. The summed E-state index contributed by atoms with van der Waals surface area (Å²) in [6.45, 7) is 0. The van der Waals surface area contributed by atoms with E-state index >= 15 is 0 Å². The van der Waals surface area contributed by atoms with Gasteiger partial charge < -0.3 is 0 Å². The van der Waals surface area contributed by atoms with Crippen LogP contribution in [0.2, 0.25) is 0 Å². The Hall–Kier alpha value is -2.74. The number of hydrogen-bond acceptors (Lipinski definition) is 4. The minimum atomic E-state index is -3.36. The Morgan fingerprint density at radius 2 is 1.81 bits per heavy atom. The number of nitrogens with one attached hydrogen (secondary N) is 1. The van der Waals surface area contributed by atoms with Gasteiger partial charge in [-0.05, 0) is 48.2 Å². The third kappa shape index (κ3) is 5.12. The summed E-state index contributed by atoms with van der Waals surface area (Å²) < 4.78 is 39.2. The summed E-state index contributed by atoms with van der Waals surface area (Å²) in [4.78, 5) is 13.3. The van der Waals surface area contributed by atoms with Crippen molar-refractivity contribution < 1.29 is 17.6 Å². The molecule has 1 amide bonds. The lowest BCUT2D eigenvalue weighted by atomic mass is 9.88. The Morgan fingerprint density at radius 3 is 2.45 bits per heavy atom. The quantitative estimate of drug-likeness (QED) is 0.741. The predicted molar refractivity (Wildman–Crippen MR) is 119 cm³/mol. The number of hydrogen-bond donors (Lipinski definition) is 1. The van der Waals surface area contributed by atoms with E-state index in [1.165, 1.54) is 12.1 Å². The minimum Gasteiger partial charge on any atom is -0.284 e. The van der Waals surface area contributed by atoms with Crippen LogP contribution >= 0.6 is 0 Å². The number of sulfonamides is 1. The molecular formula is C23H26FN3O3S. The molecule has 8 heteroatoms. The maximum atomic E-state index is 13.9. The standard InChI is InChI=1S/C23H26FN3O3S/c1-31(29,30)26-20-12-10-16(11-13-20)21-15-22(18-8-5-9-19(24)14-18)27(25-21)23(28)17-6-3-2-4-7-17/h5,8-14,17,22,26H,2-4,6-7,15H2,1H3. The molecule has 0 aromatic heterocycles. The summed E-state index contributed by atoms with van der Waals surface area (Å²) in [6, 6.07) is 12.9. The van der Waals surface area contributed by atoms with E-state index in [4.69, 9.17) is 0 Å². The molecule has 0 bridgehead atoms. The first kappa shape index (κ1) is 21.5. The van der Waals surface area contributed by atoms with Crippen LogP contribution in [-0.2, 0) is 14.8 Å². The molecule has 164 valence electrons. The first-order chi connectivity index (χ1) is 14.8. The van der Waals surface area contributed by atoms with Gasteiger partial charge in [0.15, 0.2) is 0 Å². The van der Waals surface area contributed by atoms with Crippen molar-refractivity contribution in [3.8, 4) is 0 Å². The van der Waals surface area contributed by atoms with Gasteiger partial charge in [-0.3, -0.25) is 9.52 Å². The van der Waals surface area contributed by atoms with E-state index in [0.29, 0.717) is 12.1 Å². The first-order valence-corrected chi connectivity index (χ1v) is 12.4. The van der Waals surface area contributed by atoms with Gasteiger partial charge in [-0.25, -0.2) is 17.8 Å². The largest absolute Gasteiger partial charge is 0.284 e. The number of rotatable bonds is 5. The number of carbonyl (C=O) groups excluding carboxylic acids is 1. The van der Waals surface area contributed by atoms with Crippen molar-refractivity contribution in [3.63, 3.8) is 0 Å². The zero-order chi connectivity index (χ0) is 22.0. The monoisotopic (exact) mass is 443 g/mol. The predicted octanol–water partition coefficient (Wildman–Crippen LogP) is 4.46. The highest BCUT2D eigenvalue weighted by Crippen LogP contribution is 2.36. The molecule has 1 heterocycles. The first-order valence-electron chi connectivity index (χ1n) is 10.5. The van der Waals surface area contributed by atoms with Crippen molar-refractivity contribution >= 4 is 27.3 Å². The second kappa shape index (κ2) is 8.78. The second-order valence-corrected chi connectivity index (χ2v) is 10.0. The minimum absolute atomic E-state index is 0.000626. The second-order valence-electron chi connectivity index (χ2n) is 8.29. The van der Waals surface area contributed by atoms with Gasteiger partial charge in [-0.15, -0.1) is 0 Å². The SMILES string of the molecule is CS(=O)(=O)Nc1ccc(C2=NN(C(=O)C3CCCCC3)C(c3cccc(F)c3)C2)cc1. The summed E-state index contributed by atoms with van der Waals surface area (Å²) in [5.41, 5.74) is 2.71. The van der Waals surface area contributed by atoms with Crippen LogP contribution in [0.4, 0.5) is 10.1 Å². The van der Waals surface area contributed by atoms with E-state index in [1.807, 2.05) is 6.07 Å². The van der Waals surface area contributed by atoms with E-state index in [2.05, 4.69) is 9.82 Å². The number of carbonyl (C=O) groups is 1. The number of hydrazone groups is 1. The maximum Gasteiger partial charge on any atom is 0.246 e. The molecule has 1 saturated carbocycles. The van der Waals surface area contributed by atoms with E-state index in [9.17, 15) is 17.6 Å². The lowest BCUT2D eigenvalue weighted by molar-refractivity contribution is -0.138. The maximum absolute atomic E-state index is 13.9. The van der Waals surface area contributed by atoms with Gasteiger partial charge in [0.05, 0.1) is 18.0 Å². The average Bonchev–Trinajstić information content (AvgIpc) is 3.19. The number of amides is 1. The van der Waals surface area contributed by atoms with Crippen LogP contribution in [0, 0.1) is 11.7 Å². The zero-order valence-corrected chi connectivity index (χ0v) is 18.2. The average molecular weight is 444 g/mol. The van der Waals surface area contributed by atoms with E-state index < -0.39 is 10.0 Å². The van der Waals surface area contributed by atoms with E-state index in [0.717, 1.165) is 55.2 Å². The van der Waals surface area contributed by atoms with Crippen LogP contribution in [0.1, 0.15) is 55.7 Å². The number of anilines is 1. The lowest BCUT2D eigenvalue weighted by Gasteiger charge is -2.28. The van der Waals surface area contributed by atoms with Crippen LogP contribution < -0.4 is 4.72 Å². The van der Waals surface area contributed by atoms with Gasteiger partial charge in [-0.1, -0.05) is 43.5 Å². The third-order valence-electron chi connectivity index (χ3n) is 5.85. The molecule has 1 N–H and O–H groups in total. The smallest absolute Gasteiger partial charge is 0.246 e. The fourth-order valence-electron chi connectivity index (χ4n) is 4.34. The summed E-state index contributed by atoms with van der Waals surface area (Å²) in [5, 5.41) is 6.21. The molecule has 0 spiro atoms.